The van der Waals surface area contributed by atoms with Crippen molar-refractivity contribution in [2.75, 3.05) is 25.6 Å². The molecule has 7 heteroatoms. The zero-order chi connectivity index (χ0) is 24.3. The van der Waals surface area contributed by atoms with Gasteiger partial charge in [-0.3, -0.25) is 0 Å². The van der Waals surface area contributed by atoms with Gasteiger partial charge in [0.2, 0.25) is 0 Å². The van der Waals surface area contributed by atoms with E-state index in [9.17, 15) is 4.79 Å². The van der Waals surface area contributed by atoms with Gasteiger partial charge in [-0.2, -0.15) is 0 Å². The van der Waals surface area contributed by atoms with Crippen LogP contribution in [0.5, 0.6) is 17.2 Å². The molecule has 178 valence electrons. The van der Waals surface area contributed by atoms with Crippen LogP contribution in [0.25, 0.3) is 5.57 Å². The Labute approximate surface area is 218 Å². The van der Waals surface area contributed by atoms with E-state index in [0.717, 1.165) is 42.4 Å². The van der Waals surface area contributed by atoms with Gasteiger partial charge in [0.1, 0.15) is 17.2 Å². The molecule has 1 N–H and O–H groups in total. The molecule has 0 aliphatic rings. The van der Waals surface area contributed by atoms with Crippen molar-refractivity contribution in [3.63, 3.8) is 0 Å². The third-order valence-electron chi connectivity index (χ3n) is 4.74. The Hall–Kier alpha value is -2.65. The quantitative estimate of drug-likeness (QED) is 0.186. The summed E-state index contributed by atoms with van der Waals surface area (Å²) in [7, 11) is 0. The van der Waals surface area contributed by atoms with E-state index < -0.39 is 5.97 Å². The average Bonchev–Trinajstić information content (AvgIpc) is 2.83. The van der Waals surface area contributed by atoms with Crippen LogP contribution in [-0.4, -0.2) is 36.6 Å². The van der Waals surface area contributed by atoms with Crippen LogP contribution in [0.15, 0.2) is 77.7 Å². The zero-order valence-corrected chi connectivity index (χ0v) is 22.1. The highest BCUT2D eigenvalue weighted by Crippen LogP contribution is 2.31. The third kappa shape index (κ3) is 7.70. The maximum absolute atomic E-state index is 10.7. The molecule has 0 bridgehead atoms. The van der Waals surface area contributed by atoms with Crippen molar-refractivity contribution in [2.45, 2.75) is 18.7 Å². The molecule has 0 radical (unpaired) electrons. The van der Waals surface area contributed by atoms with Gasteiger partial charge in [-0.25, -0.2) is 4.79 Å². The molecule has 0 heterocycles. The lowest BCUT2D eigenvalue weighted by Gasteiger charge is -2.12. The number of carboxylic acid groups (broad SMARTS) is 1. The average molecular weight is 590 g/mol. The molecule has 0 spiro atoms. The number of aliphatic carboxylic acids is 1. The Morgan fingerprint density at radius 2 is 1.38 bits per heavy atom. The number of thioether (sulfide) groups is 1. The number of carboxylic acids is 1. The number of halogens is 1. The second-order valence-electron chi connectivity index (χ2n) is 7.12. The minimum Gasteiger partial charge on any atom is -0.494 e. The number of ether oxygens (including phenoxy) is 3. The molecule has 0 fully saturated rings. The predicted octanol–water partition coefficient (Wildman–Crippen LogP) is 6.78. The third-order valence-corrected chi connectivity index (χ3v) is 7.00. The minimum atomic E-state index is -0.991. The summed E-state index contributed by atoms with van der Waals surface area (Å²) in [5.41, 5.74) is 3.36. The van der Waals surface area contributed by atoms with E-state index in [1.165, 1.54) is 0 Å². The van der Waals surface area contributed by atoms with Crippen LogP contribution < -0.4 is 14.2 Å². The fraction of sp³-hybridized carbons (Fsp3) is 0.222. The van der Waals surface area contributed by atoms with Crippen molar-refractivity contribution in [1.29, 1.82) is 0 Å². The van der Waals surface area contributed by atoms with Crippen molar-refractivity contribution in [3.8, 4) is 17.2 Å². The first-order chi connectivity index (χ1) is 16.5. The lowest BCUT2D eigenvalue weighted by atomic mass is 9.97. The number of hydrogen-bond donors (Lipinski definition) is 1. The van der Waals surface area contributed by atoms with Crippen molar-refractivity contribution >= 4 is 45.9 Å². The first-order valence-corrected chi connectivity index (χ1v) is 13.0. The van der Waals surface area contributed by atoms with Gasteiger partial charge in [0.25, 0.3) is 0 Å². The fourth-order valence-electron chi connectivity index (χ4n) is 3.25. The first-order valence-electron chi connectivity index (χ1n) is 10.9. The molecular weight excluding hydrogens is 563 g/mol. The van der Waals surface area contributed by atoms with E-state index in [1.54, 1.807) is 17.8 Å². The monoisotopic (exact) mass is 590 g/mol. The van der Waals surface area contributed by atoms with Crippen molar-refractivity contribution < 1.29 is 24.1 Å². The summed E-state index contributed by atoms with van der Waals surface area (Å²) in [6.45, 7) is 4.87. The maximum Gasteiger partial charge on any atom is 0.341 e. The molecule has 0 amide bonds. The van der Waals surface area contributed by atoms with E-state index >= 15 is 0 Å². The van der Waals surface area contributed by atoms with Crippen LogP contribution >= 0.6 is 34.4 Å². The number of hydrogen-bond acceptors (Lipinski definition) is 5. The number of rotatable bonds is 12. The van der Waals surface area contributed by atoms with Gasteiger partial charge in [-0.05, 0) is 95.6 Å². The highest BCUT2D eigenvalue weighted by atomic mass is 127. The Morgan fingerprint density at radius 1 is 0.853 bits per heavy atom. The van der Waals surface area contributed by atoms with Gasteiger partial charge in [0, 0.05) is 14.2 Å². The smallest absolute Gasteiger partial charge is 0.341 e. The van der Waals surface area contributed by atoms with Crippen LogP contribution in [0.3, 0.4) is 0 Å². The number of benzene rings is 3. The van der Waals surface area contributed by atoms with Gasteiger partial charge in [0.05, 0.1) is 13.2 Å². The van der Waals surface area contributed by atoms with Crippen molar-refractivity contribution in [2.24, 2.45) is 0 Å². The molecule has 5 nitrogen and oxygen atoms in total. The second kappa shape index (κ2) is 13.3. The molecule has 0 aliphatic carbocycles. The molecule has 3 aromatic carbocycles. The summed E-state index contributed by atoms with van der Waals surface area (Å²) >= 11 is 3.96. The van der Waals surface area contributed by atoms with Crippen LogP contribution in [0.1, 0.15) is 25.0 Å². The maximum atomic E-state index is 10.7. The van der Waals surface area contributed by atoms with Crippen LogP contribution in [-0.2, 0) is 4.79 Å². The molecule has 34 heavy (non-hydrogen) atoms. The van der Waals surface area contributed by atoms with Crippen molar-refractivity contribution in [1.82, 2.24) is 0 Å². The highest BCUT2D eigenvalue weighted by Gasteiger charge is 2.08. The first kappa shape index (κ1) is 26.0. The second-order valence-corrected chi connectivity index (χ2v) is 9.34. The molecular formula is C27H27IO5S. The predicted molar refractivity (Wildman–Crippen MR) is 145 cm³/mol. The summed E-state index contributed by atoms with van der Waals surface area (Å²) in [6, 6.07) is 21.9. The van der Waals surface area contributed by atoms with E-state index in [2.05, 4.69) is 52.9 Å². The lowest BCUT2D eigenvalue weighted by Crippen LogP contribution is -2.09. The Balaban J connectivity index is 1.80. The topological polar surface area (TPSA) is 65.0 Å². The molecule has 0 aliphatic heterocycles. The summed E-state index contributed by atoms with van der Waals surface area (Å²) < 4.78 is 17.5. The molecule has 0 atom stereocenters. The molecule has 3 rings (SSSR count). The summed E-state index contributed by atoms with van der Waals surface area (Å²) in [4.78, 5) is 11.8. The highest BCUT2D eigenvalue weighted by molar-refractivity contribution is 14.1. The molecule has 0 saturated heterocycles. The normalized spacial score (nSPS) is 10.4. The van der Waals surface area contributed by atoms with Gasteiger partial charge >= 0.3 is 5.97 Å². The number of carbonyl (C=O) groups is 1. The van der Waals surface area contributed by atoms with Crippen LogP contribution in [0.2, 0.25) is 0 Å². The van der Waals surface area contributed by atoms with Crippen LogP contribution in [0.4, 0.5) is 0 Å². The van der Waals surface area contributed by atoms with Gasteiger partial charge in [-0.1, -0.05) is 30.3 Å². The summed E-state index contributed by atoms with van der Waals surface area (Å²) in [5, 5.41) is 8.79. The van der Waals surface area contributed by atoms with Crippen LogP contribution in [0, 0.1) is 3.57 Å². The van der Waals surface area contributed by atoms with E-state index in [-0.39, 0.29) is 6.61 Å². The van der Waals surface area contributed by atoms with Gasteiger partial charge in [-0.15, -0.1) is 11.8 Å². The Kier molecular flexibility index (Phi) is 10.2. The summed E-state index contributed by atoms with van der Waals surface area (Å²) in [5.74, 6) is 2.03. The lowest BCUT2D eigenvalue weighted by molar-refractivity contribution is -0.139. The van der Waals surface area contributed by atoms with Gasteiger partial charge < -0.3 is 19.3 Å². The van der Waals surface area contributed by atoms with Crippen molar-refractivity contribution in [3.05, 3.63) is 87.5 Å². The molecule has 0 saturated carbocycles. The molecule has 3 aromatic rings. The SMILES string of the molecule is CCOc1ccc(C(=CCSc2ccc(OCC(=O)O)cc2I)c2ccc(OCC)cc2)cc1. The molecule has 0 aromatic heterocycles. The fourth-order valence-corrected chi connectivity index (χ4v) is 4.99. The molecule has 0 unspecified atom stereocenters. The standard InChI is InChI=1S/C27H27IO5S/c1-3-31-21-9-5-19(6-10-21)24(20-7-11-22(12-8-20)32-4-2)15-16-34-26-14-13-23(17-25(26)28)33-18-27(29)30/h5-15,17H,3-4,16,18H2,1-2H3,(H,29,30). The Bertz CT molecular complexity index is 1060. The minimum absolute atomic E-state index is 0.348. The zero-order valence-electron chi connectivity index (χ0n) is 19.1. The summed E-state index contributed by atoms with van der Waals surface area (Å²) in [6.07, 6.45) is 2.22. The van der Waals surface area contributed by atoms with E-state index in [1.807, 2.05) is 50.2 Å². The van der Waals surface area contributed by atoms with E-state index in [0.29, 0.717) is 19.0 Å². The largest absolute Gasteiger partial charge is 0.494 e. The van der Waals surface area contributed by atoms with Gasteiger partial charge in [0.15, 0.2) is 6.61 Å². The Morgan fingerprint density at radius 3 is 1.85 bits per heavy atom. The van der Waals surface area contributed by atoms with E-state index in [4.69, 9.17) is 19.3 Å².